The Kier molecular flexibility index (Phi) is 6.85. The molecular formula is C24H28N4O. The summed E-state index contributed by atoms with van der Waals surface area (Å²) in [6.07, 6.45) is 5.90. The number of hydrogen-bond acceptors (Lipinski definition) is 4. The van der Waals surface area contributed by atoms with E-state index >= 15 is 0 Å². The van der Waals surface area contributed by atoms with Gasteiger partial charge in [-0.25, -0.2) is 4.99 Å². The van der Waals surface area contributed by atoms with E-state index in [-0.39, 0.29) is 5.91 Å². The van der Waals surface area contributed by atoms with Crippen molar-refractivity contribution in [2.45, 2.75) is 25.8 Å². The number of guanidine groups is 1. The number of carbonyl (C=O) groups excluding carboxylic acids is 1. The van der Waals surface area contributed by atoms with Crippen LogP contribution in [-0.4, -0.2) is 29.9 Å². The first-order valence-corrected chi connectivity index (χ1v) is 9.94. The number of aliphatic imine (C=N–C) groups is 1. The van der Waals surface area contributed by atoms with Crippen molar-refractivity contribution in [1.82, 2.24) is 10.2 Å². The molecule has 0 spiro atoms. The van der Waals surface area contributed by atoms with Gasteiger partial charge in [-0.05, 0) is 47.2 Å². The molecule has 2 aromatic rings. The second kappa shape index (κ2) is 9.73. The molecule has 0 atom stereocenters. The van der Waals surface area contributed by atoms with Crippen molar-refractivity contribution < 1.29 is 4.79 Å². The zero-order valence-electron chi connectivity index (χ0n) is 16.7. The van der Waals surface area contributed by atoms with E-state index in [9.17, 15) is 4.79 Å². The molecule has 0 fully saturated rings. The topological polar surface area (TPSA) is 70.7 Å². The number of amides is 1. The number of benzene rings is 2. The molecule has 0 aromatic heterocycles. The molecule has 0 radical (unpaired) electrons. The third kappa shape index (κ3) is 5.13. The summed E-state index contributed by atoms with van der Waals surface area (Å²) in [5.41, 5.74) is 11.5. The largest absolute Gasteiger partial charge is 0.369 e. The Hall–Kier alpha value is -3.34. The summed E-state index contributed by atoms with van der Waals surface area (Å²) in [4.78, 5) is 18.4. The Labute approximate surface area is 172 Å². The highest BCUT2D eigenvalue weighted by Gasteiger charge is 2.18. The summed E-state index contributed by atoms with van der Waals surface area (Å²) in [5.74, 6) is 0.542. The van der Waals surface area contributed by atoms with Crippen molar-refractivity contribution in [1.29, 1.82) is 0 Å². The van der Waals surface area contributed by atoms with E-state index in [1.165, 1.54) is 0 Å². The molecule has 1 amide bonds. The molecular weight excluding hydrogens is 360 g/mol. The van der Waals surface area contributed by atoms with Crippen LogP contribution in [0.4, 0.5) is 5.69 Å². The molecule has 1 aliphatic heterocycles. The molecule has 5 heteroatoms. The van der Waals surface area contributed by atoms with Crippen molar-refractivity contribution in [2.24, 2.45) is 10.7 Å². The molecule has 1 heterocycles. The van der Waals surface area contributed by atoms with Crippen LogP contribution >= 0.6 is 0 Å². The lowest BCUT2D eigenvalue weighted by molar-refractivity contribution is -0.121. The zero-order chi connectivity index (χ0) is 20.6. The van der Waals surface area contributed by atoms with Crippen LogP contribution in [0, 0.1) is 0 Å². The Morgan fingerprint density at radius 3 is 2.86 bits per heavy atom. The van der Waals surface area contributed by atoms with Gasteiger partial charge in [0.1, 0.15) is 0 Å². The molecule has 1 aliphatic rings. The summed E-state index contributed by atoms with van der Waals surface area (Å²) < 4.78 is 0. The summed E-state index contributed by atoms with van der Waals surface area (Å²) in [5, 5.41) is 2.95. The van der Waals surface area contributed by atoms with Gasteiger partial charge in [0.25, 0.3) is 0 Å². The Morgan fingerprint density at radius 2 is 2.07 bits per heavy atom. The highest BCUT2D eigenvalue weighted by molar-refractivity contribution is 5.85. The lowest BCUT2D eigenvalue weighted by atomic mass is 9.97. The van der Waals surface area contributed by atoms with Gasteiger partial charge < -0.3 is 16.0 Å². The SMILES string of the molecule is C=CCCCC(=O)NCCN1Cc2cc(-c3ccccc3C=C)ccc2N=C1N. The molecule has 2 aromatic carbocycles. The minimum atomic E-state index is 0.0584. The maximum atomic E-state index is 11.9. The smallest absolute Gasteiger partial charge is 0.220 e. The molecule has 0 saturated heterocycles. The van der Waals surface area contributed by atoms with Crippen LogP contribution in [0.3, 0.4) is 0 Å². The zero-order valence-corrected chi connectivity index (χ0v) is 16.7. The number of unbranched alkanes of at least 4 members (excludes halogenated alkanes) is 1. The van der Waals surface area contributed by atoms with Gasteiger partial charge >= 0.3 is 0 Å². The Bertz CT molecular complexity index is 932. The van der Waals surface area contributed by atoms with Gasteiger partial charge in [-0.15, -0.1) is 6.58 Å². The van der Waals surface area contributed by atoms with E-state index in [1.807, 2.05) is 35.3 Å². The van der Waals surface area contributed by atoms with Crippen LogP contribution in [0.2, 0.25) is 0 Å². The highest BCUT2D eigenvalue weighted by Crippen LogP contribution is 2.32. The van der Waals surface area contributed by atoms with Crippen molar-refractivity contribution in [3.8, 4) is 11.1 Å². The van der Waals surface area contributed by atoms with Gasteiger partial charge in [-0.3, -0.25) is 4.79 Å². The minimum absolute atomic E-state index is 0.0584. The molecule has 29 heavy (non-hydrogen) atoms. The first-order valence-electron chi connectivity index (χ1n) is 9.94. The van der Waals surface area contributed by atoms with Crippen molar-refractivity contribution in [3.05, 3.63) is 72.8 Å². The van der Waals surface area contributed by atoms with Gasteiger partial charge in [0, 0.05) is 26.1 Å². The average molecular weight is 389 g/mol. The average Bonchev–Trinajstić information content (AvgIpc) is 2.74. The standard InChI is InChI=1S/C24H28N4O/c1-3-5-6-11-23(29)26-14-15-28-17-20-16-19(12-13-22(20)27-24(28)25)21-10-8-7-9-18(21)4-2/h3-4,7-10,12-13,16H,1-2,5-6,11,14-15,17H2,(H2,25,27)(H,26,29). The molecule has 0 unspecified atom stereocenters. The molecule has 3 N–H and O–H groups in total. The second-order valence-electron chi connectivity index (χ2n) is 7.06. The minimum Gasteiger partial charge on any atom is -0.369 e. The molecule has 5 nitrogen and oxygen atoms in total. The summed E-state index contributed by atoms with van der Waals surface area (Å²) in [6, 6.07) is 14.4. The maximum Gasteiger partial charge on any atom is 0.220 e. The van der Waals surface area contributed by atoms with Crippen molar-refractivity contribution in [3.63, 3.8) is 0 Å². The maximum absolute atomic E-state index is 11.9. The number of allylic oxidation sites excluding steroid dienone is 1. The molecule has 0 bridgehead atoms. The van der Waals surface area contributed by atoms with Gasteiger partial charge in [0.15, 0.2) is 5.96 Å². The number of nitrogens with zero attached hydrogens (tertiary/aromatic N) is 2. The molecule has 0 aliphatic carbocycles. The van der Waals surface area contributed by atoms with Crippen LogP contribution in [-0.2, 0) is 11.3 Å². The molecule has 0 saturated carbocycles. The quantitative estimate of drug-likeness (QED) is 0.499. The fraction of sp³-hybridized carbons (Fsp3) is 0.250. The van der Waals surface area contributed by atoms with E-state index in [0.29, 0.717) is 32.0 Å². The Morgan fingerprint density at radius 1 is 1.24 bits per heavy atom. The predicted octanol–water partition coefficient (Wildman–Crippen LogP) is 4.23. The molecule has 3 rings (SSSR count). The summed E-state index contributed by atoms with van der Waals surface area (Å²) in [6.45, 7) is 9.41. The number of fused-ring (bicyclic) bond motifs is 1. The number of hydrogen-bond donors (Lipinski definition) is 2. The van der Waals surface area contributed by atoms with Crippen LogP contribution in [0.5, 0.6) is 0 Å². The van der Waals surface area contributed by atoms with Crippen molar-refractivity contribution in [2.75, 3.05) is 13.1 Å². The number of nitrogens with two attached hydrogens (primary N) is 1. The van der Waals surface area contributed by atoms with Crippen LogP contribution in [0.1, 0.15) is 30.4 Å². The summed E-state index contributed by atoms with van der Waals surface area (Å²) >= 11 is 0. The van der Waals surface area contributed by atoms with Gasteiger partial charge in [-0.1, -0.05) is 49.1 Å². The van der Waals surface area contributed by atoms with Gasteiger partial charge in [0.05, 0.1) is 5.69 Å². The fourth-order valence-electron chi connectivity index (χ4n) is 3.43. The van der Waals surface area contributed by atoms with Gasteiger partial charge in [-0.2, -0.15) is 0 Å². The summed E-state index contributed by atoms with van der Waals surface area (Å²) in [7, 11) is 0. The van der Waals surface area contributed by atoms with E-state index < -0.39 is 0 Å². The second-order valence-corrected chi connectivity index (χ2v) is 7.06. The van der Waals surface area contributed by atoms with Gasteiger partial charge in [0.2, 0.25) is 5.91 Å². The third-order valence-electron chi connectivity index (χ3n) is 5.01. The molecule has 150 valence electrons. The lowest BCUT2D eigenvalue weighted by Crippen LogP contribution is -2.43. The lowest BCUT2D eigenvalue weighted by Gasteiger charge is -2.28. The van der Waals surface area contributed by atoms with E-state index in [2.05, 4.69) is 47.7 Å². The predicted molar refractivity (Wildman–Crippen MR) is 121 cm³/mol. The first-order chi connectivity index (χ1) is 14.1. The number of rotatable bonds is 9. The number of nitrogens with one attached hydrogen (secondary N) is 1. The van der Waals surface area contributed by atoms with Crippen LogP contribution in [0.15, 0.2) is 66.7 Å². The first kappa shape index (κ1) is 20.4. The van der Waals surface area contributed by atoms with Crippen LogP contribution in [0.25, 0.3) is 17.2 Å². The van der Waals surface area contributed by atoms with Crippen LogP contribution < -0.4 is 11.1 Å². The number of carbonyl (C=O) groups is 1. The van der Waals surface area contributed by atoms with E-state index in [1.54, 1.807) is 0 Å². The normalized spacial score (nSPS) is 12.7. The van der Waals surface area contributed by atoms with E-state index in [4.69, 9.17) is 5.73 Å². The third-order valence-corrected chi connectivity index (χ3v) is 5.01. The Balaban J connectivity index is 1.66. The highest BCUT2D eigenvalue weighted by atomic mass is 16.1. The fourth-order valence-corrected chi connectivity index (χ4v) is 3.43. The van der Waals surface area contributed by atoms with Crippen molar-refractivity contribution >= 4 is 23.6 Å². The monoisotopic (exact) mass is 388 g/mol. The van der Waals surface area contributed by atoms with E-state index in [0.717, 1.165) is 40.8 Å².